The van der Waals surface area contributed by atoms with E-state index in [1.165, 1.54) is 0 Å². The van der Waals surface area contributed by atoms with Crippen LogP contribution in [0.25, 0.3) is 0 Å². The summed E-state index contributed by atoms with van der Waals surface area (Å²) in [6.45, 7) is 0. The second-order valence-corrected chi connectivity index (χ2v) is 2.42. The fourth-order valence-electron chi connectivity index (χ4n) is 0.436. The molecule has 0 aromatic heterocycles. The van der Waals surface area contributed by atoms with E-state index in [0.717, 1.165) is 0 Å². The molecule has 67 valence electrons. The molecule has 0 rings (SSSR count). The Kier molecular flexibility index (Phi) is 3.60. The van der Waals surface area contributed by atoms with Crippen molar-refractivity contribution in [2.45, 2.75) is 24.9 Å². The van der Waals surface area contributed by atoms with Gasteiger partial charge >= 0.3 is 12.1 Å². The van der Waals surface area contributed by atoms with Crippen LogP contribution in [0.15, 0.2) is 0 Å². The number of halogens is 5. The van der Waals surface area contributed by atoms with E-state index in [0.29, 0.717) is 0 Å². The lowest BCUT2D eigenvalue weighted by molar-refractivity contribution is -0.284. The zero-order chi connectivity index (χ0) is 9.12. The van der Waals surface area contributed by atoms with Gasteiger partial charge in [0.25, 0.3) is 0 Å². The molecule has 0 saturated carbocycles. The summed E-state index contributed by atoms with van der Waals surface area (Å²) in [5.74, 6) is -4.66. The van der Waals surface area contributed by atoms with Gasteiger partial charge in [0.05, 0.1) is 0 Å². The highest BCUT2D eigenvalue weighted by molar-refractivity contribution is 7.80. The van der Waals surface area contributed by atoms with Crippen LogP contribution < -0.4 is 0 Å². The zero-order valence-electron chi connectivity index (χ0n) is 5.42. The molecule has 0 nitrogen and oxygen atoms in total. The van der Waals surface area contributed by atoms with Gasteiger partial charge in [-0.3, -0.25) is 0 Å². The van der Waals surface area contributed by atoms with Gasteiger partial charge in [-0.2, -0.15) is 22.0 Å². The molecule has 0 N–H and O–H groups in total. The normalized spacial score (nSPS) is 13.6. The third kappa shape index (κ3) is 3.27. The fourth-order valence-corrected chi connectivity index (χ4v) is 0.580. The summed E-state index contributed by atoms with van der Waals surface area (Å²) in [6, 6.07) is 0. The topological polar surface area (TPSA) is 0 Å². The Bertz CT molecular complexity index is 119. The Morgan fingerprint density at radius 3 is 1.73 bits per heavy atom. The van der Waals surface area contributed by atoms with Crippen molar-refractivity contribution < 1.29 is 22.0 Å². The highest BCUT2D eigenvalue weighted by Gasteiger charge is 2.56. The van der Waals surface area contributed by atoms with Gasteiger partial charge in [0.15, 0.2) is 0 Å². The highest BCUT2D eigenvalue weighted by Crippen LogP contribution is 2.38. The predicted molar refractivity (Wildman–Crippen MR) is 32.7 cm³/mol. The van der Waals surface area contributed by atoms with Crippen molar-refractivity contribution in [2.75, 3.05) is 5.75 Å². The Labute approximate surface area is 66.2 Å². The van der Waals surface area contributed by atoms with E-state index in [1.807, 2.05) is 0 Å². The Morgan fingerprint density at radius 2 is 1.45 bits per heavy atom. The molecule has 1 radical (unpaired) electrons. The summed E-state index contributed by atoms with van der Waals surface area (Å²) in [6.07, 6.45) is -6.93. The summed E-state index contributed by atoms with van der Waals surface area (Å²) in [5, 5.41) is 0. The van der Waals surface area contributed by atoms with Crippen LogP contribution in [0.2, 0.25) is 0 Å². The van der Waals surface area contributed by atoms with E-state index in [1.54, 1.807) is 0 Å². The van der Waals surface area contributed by atoms with Crippen molar-refractivity contribution in [3.05, 3.63) is 0 Å². The molecule has 0 saturated heterocycles. The first-order valence-electron chi connectivity index (χ1n) is 2.84. The summed E-state index contributed by atoms with van der Waals surface area (Å²) in [5.41, 5.74) is 0. The average molecular weight is 193 g/mol. The first kappa shape index (κ1) is 11.0. The van der Waals surface area contributed by atoms with Crippen LogP contribution in [0.5, 0.6) is 0 Å². The van der Waals surface area contributed by atoms with E-state index in [9.17, 15) is 22.0 Å². The Morgan fingerprint density at radius 1 is 1.00 bits per heavy atom. The minimum Gasteiger partial charge on any atom is -0.196 e. The van der Waals surface area contributed by atoms with Crippen molar-refractivity contribution >= 4 is 12.6 Å². The summed E-state index contributed by atoms with van der Waals surface area (Å²) < 4.78 is 58.0. The number of hydrogen-bond acceptors (Lipinski definition) is 0. The van der Waals surface area contributed by atoms with Crippen LogP contribution in [0.3, 0.4) is 0 Å². The lowest BCUT2D eigenvalue weighted by Crippen LogP contribution is -2.36. The monoisotopic (exact) mass is 193 g/mol. The molecule has 0 amide bonds. The van der Waals surface area contributed by atoms with Gasteiger partial charge in [-0.1, -0.05) is 12.6 Å². The van der Waals surface area contributed by atoms with Crippen LogP contribution in [0.4, 0.5) is 22.0 Å². The Balaban J connectivity index is 4.00. The third-order valence-corrected chi connectivity index (χ3v) is 1.34. The summed E-state index contributed by atoms with van der Waals surface area (Å²) in [7, 11) is 0. The second-order valence-electron chi connectivity index (χ2n) is 2.01. The number of rotatable bonds is 3. The smallest absolute Gasteiger partial charge is 0.196 e. The van der Waals surface area contributed by atoms with Crippen LogP contribution in [0, 0.1) is 0 Å². The maximum absolute atomic E-state index is 11.9. The molecule has 0 fully saturated rings. The van der Waals surface area contributed by atoms with Gasteiger partial charge in [0.1, 0.15) is 0 Å². The van der Waals surface area contributed by atoms with Crippen molar-refractivity contribution in [2.24, 2.45) is 0 Å². The molecule has 0 unspecified atom stereocenters. The molecule has 0 aromatic rings. The molecule has 6 heteroatoms. The first-order chi connectivity index (χ1) is 4.81. The standard InChI is InChI=1S/C5H6F5S/c6-4(7,2-1-3-11)5(8,9)10/h1-3H2. The second kappa shape index (κ2) is 3.60. The van der Waals surface area contributed by atoms with Crippen molar-refractivity contribution in [3.8, 4) is 0 Å². The van der Waals surface area contributed by atoms with Crippen LogP contribution in [0.1, 0.15) is 12.8 Å². The predicted octanol–water partition coefficient (Wildman–Crippen LogP) is 3.16. The van der Waals surface area contributed by atoms with Gasteiger partial charge in [-0.05, 0) is 6.42 Å². The molecule has 0 heterocycles. The van der Waals surface area contributed by atoms with E-state index in [2.05, 4.69) is 12.6 Å². The maximum Gasteiger partial charge on any atom is 0.453 e. The molecule has 11 heavy (non-hydrogen) atoms. The third-order valence-electron chi connectivity index (χ3n) is 1.05. The van der Waals surface area contributed by atoms with Crippen molar-refractivity contribution in [1.29, 1.82) is 0 Å². The lowest BCUT2D eigenvalue weighted by Gasteiger charge is -2.18. The Hall–Kier alpha value is -0.0000000000000000555. The van der Waals surface area contributed by atoms with Gasteiger partial charge in [0.2, 0.25) is 0 Å². The minimum absolute atomic E-state index is 0.0777. The van der Waals surface area contributed by atoms with Gasteiger partial charge in [0, 0.05) is 12.2 Å². The fraction of sp³-hybridized carbons (Fsp3) is 1.00. The number of alkyl halides is 5. The van der Waals surface area contributed by atoms with E-state index >= 15 is 0 Å². The molecule has 0 spiro atoms. The molecule has 0 aliphatic carbocycles. The van der Waals surface area contributed by atoms with Crippen molar-refractivity contribution in [3.63, 3.8) is 0 Å². The minimum atomic E-state index is -5.43. The maximum atomic E-state index is 11.9. The summed E-state index contributed by atoms with van der Waals surface area (Å²) in [4.78, 5) is 0. The van der Waals surface area contributed by atoms with Crippen LogP contribution in [-0.4, -0.2) is 17.9 Å². The van der Waals surface area contributed by atoms with Crippen LogP contribution in [-0.2, 0) is 0 Å². The zero-order valence-corrected chi connectivity index (χ0v) is 6.24. The largest absolute Gasteiger partial charge is 0.453 e. The molecule has 0 aliphatic heterocycles. The molecule has 0 atom stereocenters. The van der Waals surface area contributed by atoms with Gasteiger partial charge < -0.3 is 0 Å². The number of hydrogen-bond donors (Lipinski definition) is 0. The quantitative estimate of drug-likeness (QED) is 0.604. The SMILES string of the molecule is FC(F)(F)C(F)(F)CCC[S]. The molecular weight excluding hydrogens is 187 g/mol. The lowest BCUT2D eigenvalue weighted by atomic mass is 10.2. The molecule has 0 aromatic carbocycles. The first-order valence-corrected chi connectivity index (χ1v) is 3.41. The molecular formula is C5H6F5S. The van der Waals surface area contributed by atoms with Gasteiger partial charge in [-0.15, -0.1) is 0 Å². The molecule has 0 aliphatic rings. The van der Waals surface area contributed by atoms with Crippen LogP contribution >= 0.6 is 12.6 Å². The van der Waals surface area contributed by atoms with E-state index < -0.39 is 18.5 Å². The van der Waals surface area contributed by atoms with Crippen molar-refractivity contribution in [1.82, 2.24) is 0 Å². The highest BCUT2D eigenvalue weighted by atomic mass is 32.1. The van der Waals surface area contributed by atoms with E-state index in [-0.39, 0.29) is 12.2 Å². The average Bonchev–Trinajstić information content (AvgIpc) is 1.81. The summed E-state index contributed by atoms with van der Waals surface area (Å²) >= 11 is 4.24. The van der Waals surface area contributed by atoms with Gasteiger partial charge in [-0.25, -0.2) is 0 Å². The molecule has 0 bridgehead atoms. The van der Waals surface area contributed by atoms with E-state index in [4.69, 9.17) is 0 Å².